The second kappa shape index (κ2) is 8.96. The van der Waals surface area contributed by atoms with Gasteiger partial charge in [-0.15, -0.1) is 0 Å². The highest BCUT2D eigenvalue weighted by Gasteiger charge is 2.09. The number of rotatable bonds is 4. The third kappa shape index (κ3) is 7.60. The minimum Gasteiger partial charge on any atom is -0.445 e. The number of nitrogens with one attached hydrogen (secondary N) is 2. The molecule has 0 aliphatic heterocycles. The molecule has 0 aromatic heterocycles. The molecule has 7 heteroatoms. The highest BCUT2D eigenvalue weighted by Crippen LogP contribution is 1.81. The van der Waals surface area contributed by atoms with E-state index in [0.717, 1.165) is 0 Å². The number of hydrogen-bond donors (Lipinski definition) is 2. The SMILES string of the molecule is C=CCOC(=O)NC(=NC)NC(=O)OCC=C. The molecule has 0 rings (SSSR count). The van der Waals surface area contributed by atoms with Crippen LogP contribution in [0, 0.1) is 0 Å². The second-order valence-electron chi connectivity index (χ2n) is 2.60. The van der Waals surface area contributed by atoms with Gasteiger partial charge >= 0.3 is 12.2 Å². The Morgan fingerprint density at radius 3 is 1.82 bits per heavy atom. The molecule has 94 valence electrons. The molecule has 2 amide bonds. The van der Waals surface area contributed by atoms with E-state index in [2.05, 4.69) is 38.3 Å². The van der Waals surface area contributed by atoms with Crippen molar-refractivity contribution >= 4 is 18.1 Å². The van der Waals surface area contributed by atoms with Crippen LogP contribution in [0.15, 0.2) is 30.3 Å². The van der Waals surface area contributed by atoms with Crippen LogP contribution in [-0.2, 0) is 9.47 Å². The molecule has 0 fully saturated rings. The summed E-state index contributed by atoms with van der Waals surface area (Å²) in [5, 5.41) is 4.42. The number of carbonyl (C=O) groups excluding carboxylic acids is 2. The van der Waals surface area contributed by atoms with Crippen molar-refractivity contribution in [2.45, 2.75) is 0 Å². The predicted molar refractivity (Wildman–Crippen MR) is 62.7 cm³/mol. The van der Waals surface area contributed by atoms with Gasteiger partial charge in [0.15, 0.2) is 0 Å². The maximum Gasteiger partial charge on any atom is 0.414 e. The summed E-state index contributed by atoms with van der Waals surface area (Å²) in [6, 6.07) is 0. The number of aliphatic imine (C=N–C) groups is 1. The third-order valence-corrected chi connectivity index (χ3v) is 1.33. The van der Waals surface area contributed by atoms with Crippen molar-refractivity contribution in [2.75, 3.05) is 20.3 Å². The average Bonchev–Trinajstić information content (AvgIpc) is 2.32. The van der Waals surface area contributed by atoms with Gasteiger partial charge < -0.3 is 9.47 Å². The van der Waals surface area contributed by atoms with E-state index >= 15 is 0 Å². The summed E-state index contributed by atoms with van der Waals surface area (Å²) in [7, 11) is 1.39. The fourth-order valence-corrected chi connectivity index (χ4v) is 0.678. The van der Waals surface area contributed by atoms with Crippen molar-refractivity contribution in [3.8, 4) is 0 Å². The van der Waals surface area contributed by atoms with Crippen LogP contribution in [0.2, 0.25) is 0 Å². The van der Waals surface area contributed by atoms with Crippen molar-refractivity contribution in [3.63, 3.8) is 0 Å². The van der Waals surface area contributed by atoms with Crippen LogP contribution < -0.4 is 10.6 Å². The Bertz CT molecular complexity index is 298. The summed E-state index contributed by atoms with van der Waals surface area (Å²) in [6.07, 6.45) is 1.31. The van der Waals surface area contributed by atoms with Gasteiger partial charge in [-0.1, -0.05) is 25.3 Å². The Balaban J connectivity index is 4.08. The van der Waals surface area contributed by atoms with Gasteiger partial charge in [-0.2, -0.15) is 0 Å². The molecule has 0 bridgehead atoms. The lowest BCUT2D eigenvalue weighted by Gasteiger charge is -2.09. The number of guanidine groups is 1. The molecule has 7 nitrogen and oxygen atoms in total. The monoisotopic (exact) mass is 241 g/mol. The summed E-state index contributed by atoms with van der Waals surface area (Å²) < 4.78 is 9.26. The highest BCUT2D eigenvalue weighted by atomic mass is 16.6. The molecule has 17 heavy (non-hydrogen) atoms. The molecular weight excluding hydrogens is 226 g/mol. The largest absolute Gasteiger partial charge is 0.445 e. The summed E-state index contributed by atoms with van der Waals surface area (Å²) in [5.41, 5.74) is 0. The molecule has 0 saturated heterocycles. The van der Waals surface area contributed by atoms with Gasteiger partial charge in [-0.25, -0.2) is 9.59 Å². The number of amides is 2. The summed E-state index contributed by atoms with van der Waals surface area (Å²) in [6.45, 7) is 6.88. The molecule has 0 heterocycles. The van der Waals surface area contributed by atoms with Gasteiger partial charge in [0.1, 0.15) is 13.2 Å². The van der Waals surface area contributed by atoms with Crippen LogP contribution in [0.1, 0.15) is 0 Å². The first kappa shape index (κ1) is 14.7. The van der Waals surface area contributed by atoms with Gasteiger partial charge in [0.05, 0.1) is 0 Å². The molecule has 0 atom stereocenters. The summed E-state index contributed by atoms with van der Waals surface area (Å²) in [4.78, 5) is 25.8. The van der Waals surface area contributed by atoms with E-state index < -0.39 is 12.2 Å². The van der Waals surface area contributed by atoms with Crippen molar-refractivity contribution in [3.05, 3.63) is 25.3 Å². The van der Waals surface area contributed by atoms with Gasteiger partial charge in [0.25, 0.3) is 0 Å². The maximum atomic E-state index is 11.1. The molecule has 0 spiro atoms. The zero-order valence-electron chi connectivity index (χ0n) is 9.56. The number of nitrogens with zero attached hydrogens (tertiary/aromatic N) is 1. The van der Waals surface area contributed by atoms with Crippen LogP contribution >= 0.6 is 0 Å². The minimum absolute atomic E-state index is 0.0593. The number of carbonyl (C=O) groups is 2. The van der Waals surface area contributed by atoms with Crippen molar-refractivity contribution in [1.29, 1.82) is 0 Å². The lowest BCUT2D eigenvalue weighted by Crippen LogP contribution is -2.44. The number of alkyl carbamates (subject to hydrolysis) is 2. The smallest absolute Gasteiger partial charge is 0.414 e. The Labute approximate surface area is 99.2 Å². The Morgan fingerprint density at radius 1 is 1.12 bits per heavy atom. The van der Waals surface area contributed by atoms with E-state index in [0.29, 0.717) is 0 Å². The molecule has 0 aliphatic carbocycles. The first-order valence-electron chi connectivity index (χ1n) is 4.70. The average molecular weight is 241 g/mol. The first-order chi connectivity index (χ1) is 8.13. The van der Waals surface area contributed by atoms with Crippen LogP contribution in [0.3, 0.4) is 0 Å². The standard InChI is InChI=1S/C10H15N3O4/c1-4-6-16-9(14)12-8(11-3)13-10(15)17-7-5-2/h4-5H,1-2,6-7H2,3H3,(H2,11,12,13,14,15). The normalized spacial score (nSPS) is 8.53. The van der Waals surface area contributed by atoms with Crippen LogP contribution in [-0.4, -0.2) is 38.4 Å². The van der Waals surface area contributed by atoms with Gasteiger partial charge in [-0.05, 0) is 0 Å². The first-order valence-corrected chi connectivity index (χ1v) is 4.70. The molecule has 0 aromatic carbocycles. The molecule has 0 saturated carbocycles. The van der Waals surface area contributed by atoms with E-state index in [-0.39, 0.29) is 19.2 Å². The van der Waals surface area contributed by atoms with E-state index in [1.165, 1.54) is 19.2 Å². The fourth-order valence-electron chi connectivity index (χ4n) is 0.678. The van der Waals surface area contributed by atoms with Crippen molar-refractivity contribution < 1.29 is 19.1 Å². The number of hydrogen-bond acceptors (Lipinski definition) is 5. The fraction of sp³-hybridized carbons (Fsp3) is 0.300. The van der Waals surface area contributed by atoms with Crippen LogP contribution in [0.4, 0.5) is 9.59 Å². The van der Waals surface area contributed by atoms with Crippen molar-refractivity contribution in [2.24, 2.45) is 4.99 Å². The second-order valence-corrected chi connectivity index (χ2v) is 2.60. The quantitative estimate of drug-likeness (QED) is 0.433. The van der Waals surface area contributed by atoms with E-state index in [1.54, 1.807) is 0 Å². The van der Waals surface area contributed by atoms with Gasteiger partial charge in [0, 0.05) is 7.05 Å². The third-order valence-electron chi connectivity index (χ3n) is 1.33. The zero-order chi connectivity index (χ0) is 13.1. The summed E-state index contributed by atoms with van der Waals surface area (Å²) in [5.74, 6) is -0.0758. The Morgan fingerprint density at radius 2 is 1.53 bits per heavy atom. The highest BCUT2D eigenvalue weighted by molar-refractivity contribution is 6.01. The van der Waals surface area contributed by atoms with E-state index in [1.807, 2.05) is 0 Å². The van der Waals surface area contributed by atoms with Crippen molar-refractivity contribution in [1.82, 2.24) is 10.6 Å². The minimum atomic E-state index is -0.755. The van der Waals surface area contributed by atoms with E-state index in [9.17, 15) is 9.59 Å². The molecular formula is C10H15N3O4. The lowest BCUT2D eigenvalue weighted by molar-refractivity contribution is 0.160. The number of ether oxygens (including phenoxy) is 2. The van der Waals surface area contributed by atoms with Gasteiger partial charge in [0.2, 0.25) is 5.96 Å². The Hall–Kier alpha value is -2.31. The predicted octanol–water partition coefficient (Wildman–Crippen LogP) is 0.797. The molecule has 0 unspecified atom stereocenters. The maximum absolute atomic E-state index is 11.1. The van der Waals surface area contributed by atoms with Crippen LogP contribution in [0.5, 0.6) is 0 Å². The van der Waals surface area contributed by atoms with E-state index in [4.69, 9.17) is 0 Å². The molecule has 0 aromatic rings. The zero-order valence-corrected chi connectivity index (χ0v) is 9.56. The van der Waals surface area contributed by atoms with Gasteiger partial charge in [-0.3, -0.25) is 15.6 Å². The molecule has 2 N–H and O–H groups in total. The molecule has 0 aliphatic rings. The van der Waals surface area contributed by atoms with Crippen LogP contribution in [0.25, 0.3) is 0 Å². The molecule has 0 radical (unpaired) electrons. The summed E-state index contributed by atoms with van der Waals surface area (Å²) >= 11 is 0. The lowest BCUT2D eigenvalue weighted by atomic mass is 10.7. The Kier molecular flexibility index (Phi) is 7.74. The topological polar surface area (TPSA) is 89.0 Å².